The number of piperidine rings is 1. The van der Waals surface area contributed by atoms with Crippen LogP contribution in [0.3, 0.4) is 0 Å². The van der Waals surface area contributed by atoms with Crippen molar-refractivity contribution in [3.05, 3.63) is 82.9 Å². The summed E-state index contributed by atoms with van der Waals surface area (Å²) in [5, 5.41) is 5.04. The highest BCUT2D eigenvalue weighted by Gasteiger charge is 2.27. The number of halogens is 1. The van der Waals surface area contributed by atoms with Gasteiger partial charge in [-0.15, -0.1) is 0 Å². The monoisotopic (exact) mass is 431 g/mol. The third-order valence-electron chi connectivity index (χ3n) is 5.85. The topological polar surface area (TPSA) is 63.4 Å². The second-order valence-electron chi connectivity index (χ2n) is 7.94. The number of likely N-dealkylation sites (tertiary alicyclic amines) is 1. The van der Waals surface area contributed by atoms with Gasteiger partial charge in [0.25, 0.3) is 11.7 Å². The molecule has 1 aliphatic heterocycles. The molecule has 156 valence electrons. The number of fused-ring (bicyclic) bond motifs is 1. The molecule has 1 aliphatic rings. The van der Waals surface area contributed by atoms with Gasteiger partial charge in [0.1, 0.15) is 6.33 Å². The molecule has 5 rings (SSSR count). The lowest BCUT2D eigenvalue weighted by atomic mass is 9.93. The molecule has 0 N–H and O–H groups in total. The molecule has 2 aromatic heterocycles. The summed E-state index contributed by atoms with van der Waals surface area (Å²) in [5.74, 6) is 0.857. The molecule has 0 saturated carbocycles. The Morgan fingerprint density at radius 2 is 1.94 bits per heavy atom. The van der Waals surface area contributed by atoms with E-state index in [-0.39, 0.29) is 11.8 Å². The van der Waals surface area contributed by atoms with E-state index >= 15 is 0 Å². The summed E-state index contributed by atoms with van der Waals surface area (Å²) >= 11 is 6.31. The maximum atomic E-state index is 13.2. The van der Waals surface area contributed by atoms with Crippen molar-refractivity contribution in [3.63, 3.8) is 0 Å². The Morgan fingerprint density at radius 1 is 1.13 bits per heavy atom. The molecule has 0 bridgehead atoms. The summed E-state index contributed by atoms with van der Waals surface area (Å²) in [7, 11) is 0. The van der Waals surface area contributed by atoms with Crippen LogP contribution in [0.15, 0.2) is 60.9 Å². The fourth-order valence-electron chi connectivity index (χ4n) is 4.32. The van der Waals surface area contributed by atoms with Crippen molar-refractivity contribution in [1.82, 2.24) is 24.5 Å². The first kappa shape index (κ1) is 19.7. The predicted molar refractivity (Wildman–Crippen MR) is 120 cm³/mol. The van der Waals surface area contributed by atoms with Crippen LogP contribution in [0.5, 0.6) is 0 Å². The second kappa shape index (κ2) is 8.12. The summed E-state index contributed by atoms with van der Waals surface area (Å²) in [6, 6.07) is 17.5. The van der Waals surface area contributed by atoms with Gasteiger partial charge in [0.15, 0.2) is 0 Å². The smallest absolute Gasteiger partial charge is 0.253 e. The summed E-state index contributed by atoms with van der Waals surface area (Å²) in [6.07, 6.45) is 3.48. The number of benzene rings is 2. The maximum Gasteiger partial charge on any atom is 0.253 e. The number of aromatic nitrogens is 4. The molecule has 1 fully saturated rings. The molecule has 2 aromatic carbocycles. The zero-order chi connectivity index (χ0) is 21.4. The van der Waals surface area contributed by atoms with E-state index in [4.69, 9.17) is 11.6 Å². The summed E-state index contributed by atoms with van der Waals surface area (Å²) in [4.78, 5) is 23.8. The van der Waals surface area contributed by atoms with Crippen molar-refractivity contribution in [2.75, 3.05) is 13.1 Å². The van der Waals surface area contributed by atoms with Gasteiger partial charge in [-0.25, -0.2) is 9.50 Å². The van der Waals surface area contributed by atoms with E-state index in [9.17, 15) is 4.79 Å². The zero-order valence-electron chi connectivity index (χ0n) is 17.2. The average Bonchev–Trinajstić information content (AvgIpc) is 3.27. The first-order chi connectivity index (χ1) is 15.1. The van der Waals surface area contributed by atoms with Crippen molar-refractivity contribution in [3.8, 4) is 11.1 Å². The lowest BCUT2D eigenvalue weighted by Crippen LogP contribution is -2.39. The summed E-state index contributed by atoms with van der Waals surface area (Å²) in [6.45, 7) is 3.38. The molecular formula is C24H22ClN5O. The Labute approximate surface area is 185 Å². The van der Waals surface area contributed by atoms with Gasteiger partial charge < -0.3 is 4.90 Å². The summed E-state index contributed by atoms with van der Waals surface area (Å²) in [5.41, 5.74) is 4.62. The largest absolute Gasteiger partial charge is 0.338 e. The molecule has 7 heteroatoms. The molecule has 0 spiro atoms. The fraction of sp³-hybridized carbons (Fsp3) is 0.250. The molecule has 1 amide bonds. The van der Waals surface area contributed by atoms with Crippen LogP contribution >= 0.6 is 11.6 Å². The number of aryl methyl sites for hydroxylation is 1. The van der Waals surface area contributed by atoms with Gasteiger partial charge >= 0.3 is 0 Å². The summed E-state index contributed by atoms with van der Waals surface area (Å²) < 4.78 is 1.80. The molecular weight excluding hydrogens is 410 g/mol. The van der Waals surface area contributed by atoms with Gasteiger partial charge in [0.05, 0.1) is 5.69 Å². The van der Waals surface area contributed by atoms with Crippen LogP contribution in [-0.2, 0) is 0 Å². The van der Waals surface area contributed by atoms with Gasteiger partial charge in [0.2, 0.25) is 0 Å². The number of hydrogen-bond acceptors (Lipinski definition) is 4. The number of amides is 1. The molecule has 3 heterocycles. The van der Waals surface area contributed by atoms with Crippen LogP contribution < -0.4 is 0 Å². The number of hydrogen-bond donors (Lipinski definition) is 0. The van der Waals surface area contributed by atoms with Crippen LogP contribution in [-0.4, -0.2) is 43.5 Å². The van der Waals surface area contributed by atoms with Gasteiger partial charge in [-0.2, -0.15) is 10.1 Å². The number of nitrogens with zero attached hydrogens (tertiary/aromatic N) is 5. The Bertz CT molecular complexity index is 1250. The molecule has 4 aromatic rings. The highest BCUT2D eigenvalue weighted by molar-refractivity contribution is 6.33. The van der Waals surface area contributed by atoms with Gasteiger partial charge in [0, 0.05) is 40.9 Å². The third-order valence-corrected chi connectivity index (χ3v) is 6.18. The van der Waals surface area contributed by atoms with E-state index in [2.05, 4.69) is 21.1 Å². The van der Waals surface area contributed by atoms with Crippen molar-refractivity contribution in [1.29, 1.82) is 0 Å². The minimum absolute atomic E-state index is 0.0519. The van der Waals surface area contributed by atoms with E-state index in [1.807, 2.05) is 60.4 Å². The zero-order valence-corrected chi connectivity index (χ0v) is 18.0. The first-order valence-corrected chi connectivity index (χ1v) is 10.8. The fourth-order valence-corrected chi connectivity index (χ4v) is 4.57. The van der Waals surface area contributed by atoms with Crippen LogP contribution in [0.1, 0.15) is 40.5 Å². The number of rotatable bonds is 3. The Kier molecular flexibility index (Phi) is 5.16. The Balaban J connectivity index is 1.37. The third kappa shape index (κ3) is 3.79. The maximum absolute atomic E-state index is 13.2. The SMILES string of the molecule is Cc1cc(C2CCCN(C(=O)c3ccc(-c4ccccc4Cl)cc3)C2)n2ncnc2n1. The number of carbonyl (C=O) groups is 1. The van der Waals surface area contributed by atoms with Crippen LogP contribution in [0.4, 0.5) is 0 Å². The van der Waals surface area contributed by atoms with E-state index in [0.29, 0.717) is 22.9 Å². The molecule has 1 atom stereocenters. The molecule has 1 saturated heterocycles. The van der Waals surface area contributed by atoms with Crippen molar-refractivity contribution >= 4 is 23.3 Å². The van der Waals surface area contributed by atoms with Crippen LogP contribution in [0, 0.1) is 6.92 Å². The Morgan fingerprint density at radius 3 is 2.74 bits per heavy atom. The lowest BCUT2D eigenvalue weighted by Gasteiger charge is -2.33. The normalized spacial score (nSPS) is 16.6. The van der Waals surface area contributed by atoms with E-state index < -0.39 is 0 Å². The van der Waals surface area contributed by atoms with E-state index in [1.165, 1.54) is 6.33 Å². The molecule has 6 nitrogen and oxygen atoms in total. The minimum atomic E-state index is 0.0519. The Hall–Kier alpha value is -3.25. The molecule has 31 heavy (non-hydrogen) atoms. The standard InChI is InChI=1S/C24H22ClN5O/c1-16-13-22(30-24(28-16)26-15-27-30)19-5-4-12-29(14-19)23(31)18-10-8-17(9-11-18)20-6-2-3-7-21(20)25/h2-3,6-11,13,15,19H,4-5,12,14H2,1H3. The number of carbonyl (C=O) groups excluding carboxylic acids is 1. The van der Waals surface area contributed by atoms with E-state index in [0.717, 1.165) is 41.9 Å². The molecule has 0 radical (unpaired) electrons. The van der Waals surface area contributed by atoms with Crippen LogP contribution in [0.25, 0.3) is 16.9 Å². The van der Waals surface area contributed by atoms with Gasteiger partial charge in [-0.1, -0.05) is 41.9 Å². The van der Waals surface area contributed by atoms with Crippen molar-refractivity contribution in [2.24, 2.45) is 0 Å². The minimum Gasteiger partial charge on any atom is -0.338 e. The molecule has 1 unspecified atom stereocenters. The quantitative estimate of drug-likeness (QED) is 0.468. The van der Waals surface area contributed by atoms with E-state index in [1.54, 1.807) is 4.52 Å². The average molecular weight is 432 g/mol. The first-order valence-electron chi connectivity index (χ1n) is 10.4. The lowest BCUT2D eigenvalue weighted by molar-refractivity contribution is 0.0705. The second-order valence-corrected chi connectivity index (χ2v) is 8.35. The van der Waals surface area contributed by atoms with Crippen LogP contribution in [0.2, 0.25) is 5.02 Å². The van der Waals surface area contributed by atoms with Gasteiger partial charge in [-0.05, 0) is 49.6 Å². The highest BCUT2D eigenvalue weighted by atomic mass is 35.5. The van der Waals surface area contributed by atoms with Crippen molar-refractivity contribution in [2.45, 2.75) is 25.7 Å². The predicted octanol–water partition coefficient (Wildman–Crippen LogP) is 4.77. The molecule has 0 aliphatic carbocycles. The van der Waals surface area contributed by atoms with Gasteiger partial charge in [-0.3, -0.25) is 4.79 Å². The highest BCUT2D eigenvalue weighted by Crippen LogP contribution is 2.30. The van der Waals surface area contributed by atoms with Crippen molar-refractivity contribution < 1.29 is 4.79 Å².